The molecule has 80 valence electrons. The number of nitrogens with zero attached hydrogens (tertiary/aromatic N) is 1. The van der Waals surface area contributed by atoms with Crippen molar-refractivity contribution in [3.8, 4) is 0 Å². The average molecular weight is 190 g/mol. The third-order valence-electron chi connectivity index (χ3n) is 1.55. The minimum absolute atomic E-state index is 0.276. The van der Waals surface area contributed by atoms with E-state index in [0.717, 1.165) is 19.7 Å². The molecule has 0 bridgehead atoms. The molecule has 0 aliphatic heterocycles. The van der Waals surface area contributed by atoms with Gasteiger partial charge in [0.2, 0.25) is 0 Å². The van der Waals surface area contributed by atoms with E-state index in [2.05, 4.69) is 10.2 Å². The first-order valence-electron chi connectivity index (χ1n) is 4.74. The van der Waals surface area contributed by atoms with Crippen LogP contribution in [0.1, 0.15) is 6.92 Å². The van der Waals surface area contributed by atoms with Crippen molar-refractivity contribution in [1.29, 1.82) is 0 Å². The first-order valence-corrected chi connectivity index (χ1v) is 4.74. The molecule has 0 saturated carbocycles. The zero-order chi connectivity index (χ0) is 10.1. The van der Waals surface area contributed by atoms with Gasteiger partial charge in [0.15, 0.2) is 0 Å². The molecular formula is C9H22N2O2. The van der Waals surface area contributed by atoms with Crippen LogP contribution in [0.15, 0.2) is 0 Å². The molecular weight excluding hydrogens is 168 g/mol. The van der Waals surface area contributed by atoms with E-state index in [0.29, 0.717) is 13.2 Å². The molecule has 0 radical (unpaired) electrons. The molecule has 0 heterocycles. The summed E-state index contributed by atoms with van der Waals surface area (Å²) in [5, 5.41) is 12.0. The highest BCUT2D eigenvalue weighted by Gasteiger charge is 1.94. The molecule has 4 nitrogen and oxygen atoms in total. The first kappa shape index (κ1) is 12.8. The molecule has 2 N–H and O–H groups in total. The molecule has 1 unspecified atom stereocenters. The number of hydrogen-bond donors (Lipinski definition) is 2. The van der Waals surface area contributed by atoms with Crippen LogP contribution in [0.3, 0.4) is 0 Å². The van der Waals surface area contributed by atoms with Crippen LogP contribution in [0.5, 0.6) is 0 Å². The fourth-order valence-corrected chi connectivity index (χ4v) is 0.804. The van der Waals surface area contributed by atoms with Crippen LogP contribution >= 0.6 is 0 Å². The quantitative estimate of drug-likeness (QED) is 0.508. The van der Waals surface area contributed by atoms with Crippen LogP contribution in [0, 0.1) is 0 Å². The summed E-state index contributed by atoms with van der Waals surface area (Å²) in [5.41, 5.74) is 0. The fraction of sp³-hybridized carbons (Fsp3) is 1.00. The zero-order valence-corrected chi connectivity index (χ0v) is 8.92. The van der Waals surface area contributed by atoms with Crippen LogP contribution in [-0.4, -0.2) is 63.1 Å². The number of rotatable bonds is 8. The van der Waals surface area contributed by atoms with E-state index in [1.165, 1.54) is 0 Å². The van der Waals surface area contributed by atoms with Crippen LogP contribution in [0.25, 0.3) is 0 Å². The number of likely N-dealkylation sites (N-methyl/N-ethyl adjacent to an activating group) is 1. The lowest BCUT2D eigenvalue weighted by molar-refractivity contribution is 0.115. The van der Waals surface area contributed by atoms with E-state index in [4.69, 9.17) is 9.84 Å². The summed E-state index contributed by atoms with van der Waals surface area (Å²) in [5.74, 6) is 0. The predicted octanol–water partition coefficient (Wildman–Crippen LogP) is -0.465. The maximum Gasteiger partial charge on any atom is 0.0636 e. The summed E-state index contributed by atoms with van der Waals surface area (Å²) in [6, 6.07) is 0. The van der Waals surface area contributed by atoms with Gasteiger partial charge in [-0.3, -0.25) is 0 Å². The standard InChI is InChI=1S/C9H22N2O2/c1-9(12)8-10-4-6-13-7-5-11(2)3/h9-10,12H,4-8H2,1-3H3. The van der Waals surface area contributed by atoms with E-state index in [1.807, 2.05) is 14.1 Å². The molecule has 4 heteroatoms. The van der Waals surface area contributed by atoms with Crippen molar-refractivity contribution in [3.63, 3.8) is 0 Å². The van der Waals surface area contributed by atoms with Crippen molar-refractivity contribution in [1.82, 2.24) is 10.2 Å². The van der Waals surface area contributed by atoms with E-state index in [1.54, 1.807) is 6.92 Å². The summed E-state index contributed by atoms with van der Waals surface area (Å²) in [6.07, 6.45) is -0.276. The van der Waals surface area contributed by atoms with Gasteiger partial charge in [-0.1, -0.05) is 0 Å². The van der Waals surface area contributed by atoms with Crippen molar-refractivity contribution in [2.45, 2.75) is 13.0 Å². The molecule has 0 aromatic rings. The minimum atomic E-state index is -0.276. The van der Waals surface area contributed by atoms with Crippen molar-refractivity contribution >= 4 is 0 Å². The molecule has 0 saturated heterocycles. The van der Waals surface area contributed by atoms with Gasteiger partial charge in [-0.05, 0) is 21.0 Å². The third-order valence-corrected chi connectivity index (χ3v) is 1.55. The van der Waals surface area contributed by atoms with Gasteiger partial charge in [0, 0.05) is 19.6 Å². The Hall–Kier alpha value is -0.160. The van der Waals surface area contributed by atoms with Crippen molar-refractivity contribution < 1.29 is 9.84 Å². The average Bonchev–Trinajstić information content (AvgIpc) is 2.01. The summed E-state index contributed by atoms with van der Waals surface area (Å²) >= 11 is 0. The Balaban J connectivity index is 2.92. The number of aliphatic hydroxyl groups excluding tert-OH is 1. The van der Waals surface area contributed by atoms with E-state index in [9.17, 15) is 0 Å². The van der Waals surface area contributed by atoms with Gasteiger partial charge in [0.1, 0.15) is 0 Å². The van der Waals surface area contributed by atoms with Gasteiger partial charge in [-0.15, -0.1) is 0 Å². The smallest absolute Gasteiger partial charge is 0.0636 e. The van der Waals surface area contributed by atoms with Gasteiger partial charge in [0.25, 0.3) is 0 Å². The van der Waals surface area contributed by atoms with Crippen LogP contribution in [0.4, 0.5) is 0 Å². The lowest BCUT2D eigenvalue weighted by Gasteiger charge is -2.10. The second kappa shape index (κ2) is 8.44. The first-order chi connectivity index (χ1) is 6.13. The number of nitrogens with one attached hydrogen (secondary N) is 1. The fourth-order valence-electron chi connectivity index (χ4n) is 0.804. The molecule has 13 heavy (non-hydrogen) atoms. The number of hydrogen-bond acceptors (Lipinski definition) is 4. The summed E-state index contributed by atoms with van der Waals surface area (Å²) in [6.45, 7) is 5.63. The highest BCUT2D eigenvalue weighted by Crippen LogP contribution is 1.78. The number of ether oxygens (including phenoxy) is 1. The van der Waals surface area contributed by atoms with Crippen LogP contribution < -0.4 is 5.32 Å². The molecule has 0 aliphatic carbocycles. The molecule has 0 spiro atoms. The molecule has 1 atom stereocenters. The predicted molar refractivity (Wildman–Crippen MR) is 53.9 cm³/mol. The van der Waals surface area contributed by atoms with Gasteiger partial charge < -0.3 is 20.1 Å². The van der Waals surface area contributed by atoms with Gasteiger partial charge in [-0.25, -0.2) is 0 Å². The van der Waals surface area contributed by atoms with Crippen LogP contribution in [0.2, 0.25) is 0 Å². The van der Waals surface area contributed by atoms with E-state index < -0.39 is 0 Å². The van der Waals surface area contributed by atoms with Gasteiger partial charge in [0.05, 0.1) is 19.3 Å². The highest BCUT2D eigenvalue weighted by atomic mass is 16.5. The van der Waals surface area contributed by atoms with Gasteiger partial charge in [-0.2, -0.15) is 0 Å². The third kappa shape index (κ3) is 11.8. The second-order valence-corrected chi connectivity index (χ2v) is 3.47. The van der Waals surface area contributed by atoms with Crippen molar-refractivity contribution in [2.75, 3.05) is 46.9 Å². The maximum absolute atomic E-state index is 8.92. The van der Waals surface area contributed by atoms with Crippen LogP contribution in [-0.2, 0) is 4.74 Å². The summed E-state index contributed by atoms with van der Waals surface area (Å²) in [7, 11) is 4.05. The van der Waals surface area contributed by atoms with Crippen molar-refractivity contribution in [3.05, 3.63) is 0 Å². The lowest BCUT2D eigenvalue weighted by Crippen LogP contribution is -2.28. The van der Waals surface area contributed by atoms with Gasteiger partial charge >= 0.3 is 0 Å². The Bertz CT molecular complexity index is 95.8. The highest BCUT2D eigenvalue weighted by molar-refractivity contribution is 4.51. The van der Waals surface area contributed by atoms with E-state index in [-0.39, 0.29) is 6.10 Å². The summed E-state index contributed by atoms with van der Waals surface area (Å²) < 4.78 is 5.34. The summed E-state index contributed by atoms with van der Waals surface area (Å²) in [4.78, 5) is 2.09. The molecule has 0 amide bonds. The molecule has 0 fully saturated rings. The molecule has 0 rings (SSSR count). The molecule has 0 aromatic heterocycles. The minimum Gasteiger partial charge on any atom is -0.392 e. The zero-order valence-electron chi connectivity index (χ0n) is 8.92. The largest absolute Gasteiger partial charge is 0.392 e. The van der Waals surface area contributed by atoms with Crippen molar-refractivity contribution in [2.24, 2.45) is 0 Å². The Morgan fingerprint density at radius 1 is 1.38 bits per heavy atom. The Morgan fingerprint density at radius 2 is 2.08 bits per heavy atom. The van der Waals surface area contributed by atoms with E-state index >= 15 is 0 Å². The maximum atomic E-state index is 8.92. The Labute approximate surface area is 80.9 Å². The number of aliphatic hydroxyl groups is 1. The lowest BCUT2D eigenvalue weighted by atomic mass is 10.4. The topological polar surface area (TPSA) is 44.7 Å². The molecule has 0 aromatic carbocycles. The Morgan fingerprint density at radius 3 is 2.62 bits per heavy atom. The molecule has 0 aliphatic rings. The Kier molecular flexibility index (Phi) is 8.33. The SMILES string of the molecule is CC(O)CNCCOCCN(C)C. The monoisotopic (exact) mass is 190 g/mol. The normalized spacial score (nSPS) is 13.6. The second-order valence-electron chi connectivity index (χ2n) is 3.47.